The lowest BCUT2D eigenvalue weighted by Crippen LogP contribution is -2.30. The van der Waals surface area contributed by atoms with Crippen molar-refractivity contribution >= 4 is 39.5 Å². The van der Waals surface area contributed by atoms with E-state index in [2.05, 4.69) is 27.7 Å². The van der Waals surface area contributed by atoms with E-state index >= 15 is 0 Å². The summed E-state index contributed by atoms with van der Waals surface area (Å²) >= 11 is 0. The zero-order valence-electron chi connectivity index (χ0n) is 68.0. The predicted octanol–water partition coefficient (Wildman–Crippen LogP) is 26.1. The fraction of sp³-hybridized carbons (Fsp3) is 0.953. The van der Waals surface area contributed by atoms with Gasteiger partial charge in [0, 0.05) is 25.7 Å². The summed E-state index contributed by atoms with van der Waals surface area (Å²) < 4.78 is 68.6. The van der Waals surface area contributed by atoms with Crippen molar-refractivity contribution in [2.75, 3.05) is 39.6 Å². The zero-order valence-corrected chi connectivity index (χ0v) is 69.8. The van der Waals surface area contributed by atoms with Gasteiger partial charge in [0.2, 0.25) is 0 Å². The second-order valence-electron chi connectivity index (χ2n) is 30.6. The van der Waals surface area contributed by atoms with E-state index in [4.69, 9.17) is 37.0 Å². The van der Waals surface area contributed by atoms with Crippen LogP contribution in [0.4, 0.5) is 0 Å². The highest BCUT2D eigenvalue weighted by atomic mass is 31.2. The van der Waals surface area contributed by atoms with Crippen LogP contribution in [0, 0.1) is 0 Å². The van der Waals surface area contributed by atoms with E-state index in [0.29, 0.717) is 25.7 Å². The number of aliphatic hydroxyl groups is 1. The minimum atomic E-state index is -4.96. The van der Waals surface area contributed by atoms with Crippen LogP contribution in [0.1, 0.15) is 464 Å². The second-order valence-corrected chi connectivity index (χ2v) is 33.5. The third kappa shape index (κ3) is 78.2. The molecule has 104 heavy (non-hydrogen) atoms. The Morgan fingerprint density at radius 2 is 0.385 bits per heavy atom. The van der Waals surface area contributed by atoms with Crippen LogP contribution in [-0.2, 0) is 65.4 Å². The molecule has 0 aromatic heterocycles. The molecule has 618 valence electrons. The molecule has 0 aromatic rings. The highest BCUT2D eigenvalue weighted by Gasteiger charge is 2.30. The lowest BCUT2D eigenvalue weighted by Gasteiger charge is -2.21. The van der Waals surface area contributed by atoms with Crippen molar-refractivity contribution in [3.05, 3.63) is 0 Å². The van der Waals surface area contributed by atoms with E-state index in [1.165, 1.54) is 289 Å². The summed E-state index contributed by atoms with van der Waals surface area (Å²) in [6.07, 6.45) is 74.2. The molecule has 5 atom stereocenters. The molecular weight excluding hydrogens is 1350 g/mol. The molecule has 0 radical (unpaired) electrons. The number of unbranched alkanes of at least 4 members (excludes halogenated alkanes) is 60. The van der Waals surface area contributed by atoms with Crippen LogP contribution in [0.2, 0.25) is 0 Å². The molecule has 0 aliphatic carbocycles. The number of esters is 4. The van der Waals surface area contributed by atoms with Crippen LogP contribution in [0.5, 0.6) is 0 Å². The van der Waals surface area contributed by atoms with Crippen molar-refractivity contribution in [1.29, 1.82) is 0 Å². The van der Waals surface area contributed by atoms with Crippen LogP contribution in [-0.4, -0.2) is 96.7 Å². The lowest BCUT2D eigenvalue weighted by atomic mass is 10.0. The van der Waals surface area contributed by atoms with Crippen LogP contribution in [0.25, 0.3) is 0 Å². The molecule has 0 aliphatic rings. The van der Waals surface area contributed by atoms with Crippen molar-refractivity contribution in [2.24, 2.45) is 0 Å². The zero-order chi connectivity index (χ0) is 76.0. The number of hydrogen-bond donors (Lipinski definition) is 3. The number of hydrogen-bond acceptors (Lipinski definition) is 15. The molecule has 0 amide bonds. The van der Waals surface area contributed by atoms with Gasteiger partial charge in [0.25, 0.3) is 0 Å². The second kappa shape index (κ2) is 79.2. The number of aliphatic hydroxyl groups excluding tert-OH is 1. The van der Waals surface area contributed by atoms with E-state index in [0.717, 1.165) is 96.3 Å². The molecule has 0 rings (SSSR count). The monoisotopic (exact) mass is 1520 g/mol. The number of carbonyl (C=O) groups excluding carboxylic acids is 4. The van der Waals surface area contributed by atoms with Gasteiger partial charge in [0.15, 0.2) is 12.2 Å². The molecule has 19 heteroatoms. The molecule has 0 heterocycles. The molecule has 17 nitrogen and oxygen atoms in total. The van der Waals surface area contributed by atoms with Gasteiger partial charge in [-0.15, -0.1) is 0 Å². The first-order valence-electron chi connectivity index (χ1n) is 44.3. The van der Waals surface area contributed by atoms with Crippen molar-refractivity contribution in [3.63, 3.8) is 0 Å². The Hall–Kier alpha value is -1.94. The van der Waals surface area contributed by atoms with Gasteiger partial charge in [-0.1, -0.05) is 413 Å². The maximum Gasteiger partial charge on any atom is 0.472 e. The van der Waals surface area contributed by atoms with Crippen LogP contribution in [0.15, 0.2) is 0 Å². The average Bonchev–Trinajstić information content (AvgIpc) is 0.918. The Labute approximate surface area is 638 Å². The van der Waals surface area contributed by atoms with E-state index in [1.807, 2.05) is 0 Å². The van der Waals surface area contributed by atoms with Gasteiger partial charge in [0.1, 0.15) is 19.3 Å². The topological polar surface area (TPSA) is 237 Å². The van der Waals surface area contributed by atoms with Gasteiger partial charge < -0.3 is 33.8 Å². The molecule has 0 aromatic carbocycles. The van der Waals surface area contributed by atoms with Gasteiger partial charge in [-0.2, -0.15) is 0 Å². The number of phosphoric acid groups is 2. The van der Waals surface area contributed by atoms with Crippen molar-refractivity contribution in [2.45, 2.75) is 483 Å². The van der Waals surface area contributed by atoms with Gasteiger partial charge in [-0.3, -0.25) is 37.3 Å². The third-order valence-corrected chi connectivity index (χ3v) is 22.0. The maximum atomic E-state index is 13.1. The maximum absolute atomic E-state index is 13.1. The van der Waals surface area contributed by atoms with E-state index in [-0.39, 0.29) is 25.7 Å². The van der Waals surface area contributed by atoms with Crippen LogP contribution in [0.3, 0.4) is 0 Å². The molecule has 0 aliphatic heterocycles. The van der Waals surface area contributed by atoms with Crippen LogP contribution >= 0.6 is 15.6 Å². The number of ether oxygens (including phenoxy) is 4. The van der Waals surface area contributed by atoms with Crippen molar-refractivity contribution in [3.8, 4) is 0 Å². The highest BCUT2D eigenvalue weighted by Crippen LogP contribution is 2.45. The molecule has 2 unspecified atom stereocenters. The summed E-state index contributed by atoms with van der Waals surface area (Å²) in [5.74, 6) is -2.11. The first-order chi connectivity index (χ1) is 50.7. The number of carbonyl (C=O) groups is 4. The Kier molecular flexibility index (Phi) is 77.7. The van der Waals surface area contributed by atoms with Crippen LogP contribution < -0.4 is 0 Å². The molecule has 3 N–H and O–H groups in total. The Bertz CT molecular complexity index is 1960. The first kappa shape index (κ1) is 102. The Balaban J connectivity index is 5.09. The van der Waals surface area contributed by atoms with Gasteiger partial charge in [-0.25, -0.2) is 9.13 Å². The molecule has 0 spiro atoms. The molecule has 0 bridgehead atoms. The number of rotatable bonds is 86. The summed E-state index contributed by atoms with van der Waals surface area (Å²) in [7, 11) is -9.91. The normalized spacial score (nSPS) is 13.7. The third-order valence-electron chi connectivity index (χ3n) is 20.1. The lowest BCUT2D eigenvalue weighted by molar-refractivity contribution is -0.161. The molecule has 0 fully saturated rings. The fourth-order valence-electron chi connectivity index (χ4n) is 13.3. The summed E-state index contributed by atoms with van der Waals surface area (Å²) in [4.78, 5) is 72.9. The Morgan fingerprint density at radius 1 is 0.231 bits per heavy atom. The highest BCUT2D eigenvalue weighted by molar-refractivity contribution is 7.47. The van der Waals surface area contributed by atoms with Crippen molar-refractivity contribution < 1.29 is 80.2 Å². The molecule has 0 saturated carbocycles. The predicted molar refractivity (Wildman–Crippen MR) is 428 cm³/mol. The van der Waals surface area contributed by atoms with Gasteiger partial charge in [-0.05, 0) is 25.7 Å². The van der Waals surface area contributed by atoms with E-state index in [1.54, 1.807) is 0 Å². The summed E-state index contributed by atoms with van der Waals surface area (Å²) in [5.41, 5.74) is 0. The standard InChI is InChI=1S/C85H166O17P2/c1-5-9-13-17-20-23-26-29-32-35-38-39-40-42-45-48-51-54-57-60-64-68-72-85(90)102-81(76-96-83(88)70-66-62-58-55-52-49-46-44-41-36-33-30-27-24-21-18-14-10-6-2)78-100-104(93,94)98-74-79(86)73-97-103(91,92)99-77-80(75-95-82(87)69-65-61-16-12-8-4)101-84(89)71-67-63-59-56-53-50-47-43-37-34-31-28-25-22-19-15-11-7-3/h79-81,86H,5-78H2,1-4H3,(H,91,92)(H,93,94)/t79-,80+,81+/m0/s1. The smallest absolute Gasteiger partial charge is 0.462 e. The minimum absolute atomic E-state index is 0.108. The fourth-order valence-corrected chi connectivity index (χ4v) is 14.9. The number of phosphoric ester groups is 2. The quantitative estimate of drug-likeness (QED) is 0.0222. The average molecular weight is 1520 g/mol. The summed E-state index contributed by atoms with van der Waals surface area (Å²) in [5, 5.41) is 10.6. The largest absolute Gasteiger partial charge is 0.472 e. The van der Waals surface area contributed by atoms with Gasteiger partial charge in [0.05, 0.1) is 26.4 Å². The minimum Gasteiger partial charge on any atom is -0.462 e. The summed E-state index contributed by atoms with van der Waals surface area (Å²) in [6, 6.07) is 0. The first-order valence-corrected chi connectivity index (χ1v) is 47.3. The van der Waals surface area contributed by atoms with Crippen molar-refractivity contribution in [1.82, 2.24) is 0 Å². The summed E-state index contributed by atoms with van der Waals surface area (Å²) in [6.45, 7) is 4.96. The Morgan fingerprint density at radius 3 is 0.567 bits per heavy atom. The SMILES string of the molecule is CCCCCCCCCCCCCCCCCCCCCCCCC(=O)O[C@H](COC(=O)CCCCCCCCCCCCCCCCCCCCC)COP(=O)(O)OC[C@@H](O)COP(=O)(O)OC[C@@H](COC(=O)CCCCCCC)OC(=O)CCCCCCCCCCCCCCCCCCCC. The van der Waals surface area contributed by atoms with E-state index < -0.39 is 97.5 Å². The van der Waals surface area contributed by atoms with Gasteiger partial charge >= 0.3 is 39.5 Å². The molecular formula is C85H166O17P2. The van der Waals surface area contributed by atoms with E-state index in [9.17, 15) is 43.2 Å². The molecule has 0 saturated heterocycles.